The van der Waals surface area contributed by atoms with Crippen LogP contribution in [0.1, 0.15) is 33.6 Å². The van der Waals surface area contributed by atoms with Gasteiger partial charge in [0.25, 0.3) is 0 Å². The molecule has 0 heterocycles. The van der Waals surface area contributed by atoms with Crippen LogP contribution in [-0.2, 0) is 0 Å². The lowest BCUT2D eigenvalue weighted by molar-refractivity contribution is -0.0906. The molecule has 1 fully saturated rings. The predicted octanol–water partition coefficient (Wildman–Crippen LogP) is 1.15. The van der Waals surface area contributed by atoms with Gasteiger partial charge >= 0.3 is 0 Å². The standard InChI is InChI=1S/C9H19NO/c1-4-10-8(3)9(11)5-7(2)6-9/h7-8,10-11H,4-6H2,1-3H3. The van der Waals surface area contributed by atoms with Crippen molar-refractivity contribution >= 4 is 0 Å². The first-order valence-electron chi connectivity index (χ1n) is 4.54. The van der Waals surface area contributed by atoms with Crippen molar-refractivity contribution in [2.75, 3.05) is 6.54 Å². The lowest BCUT2D eigenvalue weighted by Gasteiger charge is -2.46. The summed E-state index contributed by atoms with van der Waals surface area (Å²) in [7, 11) is 0. The van der Waals surface area contributed by atoms with Gasteiger partial charge in [-0.1, -0.05) is 13.8 Å². The maximum absolute atomic E-state index is 9.92. The minimum absolute atomic E-state index is 0.253. The Morgan fingerprint density at radius 2 is 2.18 bits per heavy atom. The Labute approximate surface area is 69.0 Å². The first-order chi connectivity index (χ1) is 5.08. The molecule has 2 nitrogen and oxygen atoms in total. The number of aliphatic hydroxyl groups is 1. The van der Waals surface area contributed by atoms with Crippen molar-refractivity contribution in [3.63, 3.8) is 0 Å². The molecule has 2 N–H and O–H groups in total. The fourth-order valence-electron chi connectivity index (χ4n) is 2.00. The van der Waals surface area contributed by atoms with Gasteiger partial charge in [0, 0.05) is 6.04 Å². The van der Waals surface area contributed by atoms with Gasteiger partial charge in [0.15, 0.2) is 0 Å². The van der Waals surface area contributed by atoms with E-state index in [0.717, 1.165) is 19.4 Å². The van der Waals surface area contributed by atoms with Crippen LogP contribution in [0, 0.1) is 5.92 Å². The Bertz CT molecular complexity index is 130. The maximum atomic E-state index is 9.92. The molecule has 66 valence electrons. The van der Waals surface area contributed by atoms with Crippen molar-refractivity contribution in [1.82, 2.24) is 5.32 Å². The summed E-state index contributed by atoms with van der Waals surface area (Å²) >= 11 is 0. The van der Waals surface area contributed by atoms with E-state index in [1.165, 1.54) is 0 Å². The second kappa shape index (κ2) is 3.11. The molecular weight excluding hydrogens is 138 g/mol. The third-order valence-electron chi connectivity index (χ3n) is 2.72. The molecule has 1 aliphatic rings. The van der Waals surface area contributed by atoms with E-state index in [1.54, 1.807) is 0 Å². The molecule has 0 saturated heterocycles. The highest BCUT2D eigenvalue weighted by Gasteiger charge is 2.43. The van der Waals surface area contributed by atoms with Gasteiger partial charge in [-0.3, -0.25) is 0 Å². The summed E-state index contributed by atoms with van der Waals surface area (Å²) in [5, 5.41) is 13.2. The van der Waals surface area contributed by atoms with E-state index in [1.807, 2.05) is 0 Å². The largest absolute Gasteiger partial charge is 0.388 e. The van der Waals surface area contributed by atoms with Gasteiger partial charge in [-0.25, -0.2) is 0 Å². The van der Waals surface area contributed by atoms with Crippen LogP contribution in [0.4, 0.5) is 0 Å². The van der Waals surface area contributed by atoms with E-state index in [-0.39, 0.29) is 6.04 Å². The fourth-order valence-corrected chi connectivity index (χ4v) is 2.00. The summed E-state index contributed by atoms with van der Waals surface area (Å²) in [5.74, 6) is 0.709. The third kappa shape index (κ3) is 1.74. The molecule has 1 aliphatic carbocycles. The molecule has 11 heavy (non-hydrogen) atoms. The van der Waals surface area contributed by atoms with Gasteiger partial charge in [-0.05, 0) is 32.2 Å². The second-order valence-corrected chi connectivity index (χ2v) is 3.90. The van der Waals surface area contributed by atoms with Crippen LogP contribution < -0.4 is 5.32 Å². The predicted molar refractivity (Wildman–Crippen MR) is 46.5 cm³/mol. The van der Waals surface area contributed by atoms with Gasteiger partial charge in [-0.2, -0.15) is 0 Å². The van der Waals surface area contributed by atoms with Crippen molar-refractivity contribution in [1.29, 1.82) is 0 Å². The quantitative estimate of drug-likeness (QED) is 0.644. The molecule has 0 aromatic rings. The Morgan fingerprint density at radius 3 is 2.55 bits per heavy atom. The van der Waals surface area contributed by atoms with E-state index < -0.39 is 5.60 Å². The van der Waals surface area contributed by atoms with Crippen molar-refractivity contribution in [2.45, 2.75) is 45.3 Å². The highest BCUT2D eigenvalue weighted by Crippen LogP contribution is 2.39. The molecule has 0 amide bonds. The van der Waals surface area contributed by atoms with Gasteiger partial charge in [0.1, 0.15) is 0 Å². The SMILES string of the molecule is CCNC(C)C1(O)CC(C)C1. The smallest absolute Gasteiger partial charge is 0.0802 e. The van der Waals surface area contributed by atoms with Crippen molar-refractivity contribution < 1.29 is 5.11 Å². The Hall–Kier alpha value is -0.0800. The lowest BCUT2D eigenvalue weighted by atomic mass is 9.68. The lowest BCUT2D eigenvalue weighted by Crippen LogP contribution is -2.56. The average Bonchev–Trinajstić information content (AvgIpc) is 1.85. The average molecular weight is 157 g/mol. The number of nitrogens with one attached hydrogen (secondary N) is 1. The molecule has 2 heteroatoms. The topological polar surface area (TPSA) is 32.3 Å². The van der Waals surface area contributed by atoms with E-state index in [2.05, 4.69) is 26.1 Å². The second-order valence-electron chi connectivity index (χ2n) is 3.90. The molecule has 0 bridgehead atoms. The first-order valence-corrected chi connectivity index (χ1v) is 4.54. The maximum Gasteiger partial charge on any atom is 0.0802 e. The zero-order chi connectivity index (χ0) is 8.48. The van der Waals surface area contributed by atoms with E-state index in [9.17, 15) is 5.11 Å². The zero-order valence-corrected chi connectivity index (χ0v) is 7.72. The number of hydrogen-bond donors (Lipinski definition) is 2. The summed E-state index contributed by atoms with van der Waals surface area (Å²) in [4.78, 5) is 0. The van der Waals surface area contributed by atoms with Gasteiger partial charge in [0.05, 0.1) is 5.60 Å². The van der Waals surface area contributed by atoms with Crippen LogP contribution in [0.2, 0.25) is 0 Å². The number of rotatable bonds is 3. The molecule has 0 aromatic carbocycles. The highest BCUT2D eigenvalue weighted by atomic mass is 16.3. The monoisotopic (exact) mass is 157 g/mol. The normalized spacial score (nSPS) is 39.8. The summed E-state index contributed by atoms with van der Waals surface area (Å²) < 4.78 is 0. The van der Waals surface area contributed by atoms with Crippen LogP contribution in [0.5, 0.6) is 0 Å². The van der Waals surface area contributed by atoms with E-state index in [0.29, 0.717) is 5.92 Å². The highest BCUT2D eigenvalue weighted by molar-refractivity contribution is 4.98. The summed E-state index contributed by atoms with van der Waals surface area (Å²) in [6, 6.07) is 0.253. The zero-order valence-electron chi connectivity index (χ0n) is 7.72. The minimum atomic E-state index is -0.407. The summed E-state index contributed by atoms with van der Waals surface area (Å²) in [5.41, 5.74) is -0.407. The Kier molecular flexibility index (Phi) is 2.55. The number of likely N-dealkylation sites (N-methyl/N-ethyl adjacent to an activating group) is 1. The molecule has 1 rings (SSSR count). The number of hydrogen-bond acceptors (Lipinski definition) is 2. The van der Waals surface area contributed by atoms with Crippen molar-refractivity contribution in [3.05, 3.63) is 0 Å². The van der Waals surface area contributed by atoms with E-state index in [4.69, 9.17) is 0 Å². The van der Waals surface area contributed by atoms with Crippen LogP contribution in [0.3, 0.4) is 0 Å². The van der Waals surface area contributed by atoms with Crippen molar-refractivity contribution in [3.8, 4) is 0 Å². The van der Waals surface area contributed by atoms with Crippen LogP contribution in [0.15, 0.2) is 0 Å². The van der Waals surface area contributed by atoms with Gasteiger partial charge < -0.3 is 10.4 Å². The van der Waals surface area contributed by atoms with Gasteiger partial charge in [0.2, 0.25) is 0 Å². The molecule has 0 spiro atoms. The molecule has 0 radical (unpaired) electrons. The summed E-state index contributed by atoms with van der Waals surface area (Å²) in [6.07, 6.45) is 1.92. The van der Waals surface area contributed by atoms with Crippen LogP contribution in [0.25, 0.3) is 0 Å². The van der Waals surface area contributed by atoms with E-state index >= 15 is 0 Å². The molecule has 1 atom stereocenters. The first kappa shape index (κ1) is 9.01. The third-order valence-corrected chi connectivity index (χ3v) is 2.72. The van der Waals surface area contributed by atoms with Gasteiger partial charge in [-0.15, -0.1) is 0 Å². The molecule has 1 unspecified atom stereocenters. The fraction of sp³-hybridized carbons (Fsp3) is 1.00. The molecule has 0 aliphatic heterocycles. The summed E-state index contributed by atoms with van der Waals surface area (Å²) in [6.45, 7) is 7.27. The van der Waals surface area contributed by atoms with Crippen LogP contribution in [-0.4, -0.2) is 23.3 Å². The Balaban J connectivity index is 2.34. The van der Waals surface area contributed by atoms with Crippen LogP contribution >= 0.6 is 0 Å². The Morgan fingerprint density at radius 1 is 1.64 bits per heavy atom. The molecule has 1 saturated carbocycles. The minimum Gasteiger partial charge on any atom is -0.388 e. The molecular formula is C9H19NO. The molecule has 0 aromatic heterocycles. The van der Waals surface area contributed by atoms with Crippen molar-refractivity contribution in [2.24, 2.45) is 5.92 Å².